The van der Waals surface area contributed by atoms with E-state index in [0.717, 1.165) is 37.0 Å². The van der Waals surface area contributed by atoms with Crippen LogP contribution < -0.4 is 15.8 Å². The lowest BCUT2D eigenvalue weighted by Crippen LogP contribution is -2.44. The van der Waals surface area contributed by atoms with Crippen molar-refractivity contribution in [1.29, 1.82) is 0 Å². The van der Waals surface area contributed by atoms with Crippen LogP contribution in [-0.2, 0) is 4.79 Å². The molecule has 1 saturated carbocycles. The molecule has 0 saturated heterocycles. The van der Waals surface area contributed by atoms with Crippen molar-refractivity contribution in [2.75, 3.05) is 7.11 Å². The Kier molecular flexibility index (Phi) is 5.01. The quantitative estimate of drug-likeness (QED) is 0.887. The topological polar surface area (TPSA) is 64.3 Å². The van der Waals surface area contributed by atoms with E-state index in [9.17, 15) is 4.79 Å². The monoisotopic (exact) mass is 276 g/mol. The summed E-state index contributed by atoms with van der Waals surface area (Å²) in [5, 5.41) is 3.07. The first kappa shape index (κ1) is 14.9. The summed E-state index contributed by atoms with van der Waals surface area (Å²) in [6.45, 7) is 1.99. The number of carbonyl (C=O) groups is 1. The molecule has 4 heteroatoms. The minimum absolute atomic E-state index is 0.00631. The Morgan fingerprint density at radius 3 is 2.55 bits per heavy atom. The standard InChI is InChI=1S/C16H24N2O2/c1-11(12-7-9-13(20-2)10-8-12)18-16(19)14-5-3-4-6-15(14)17/h7-11,14-15H,3-6,17H2,1-2H3,(H,18,19)/t11-,14?,15?/m0/s1. The van der Waals surface area contributed by atoms with Crippen LogP contribution in [0.25, 0.3) is 0 Å². The number of carbonyl (C=O) groups excluding carboxylic acids is 1. The zero-order chi connectivity index (χ0) is 14.5. The van der Waals surface area contributed by atoms with Gasteiger partial charge in [0.05, 0.1) is 19.1 Å². The lowest BCUT2D eigenvalue weighted by atomic mass is 9.84. The van der Waals surface area contributed by atoms with E-state index in [1.54, 1.807) is 7.11 Å². The van der Waals surface area contributed by atoms with Gasteiger partial charge in [0.25, 0.3) is 0 Å². The molecule has 0 radical (unpaired) electrons. The van der Waals surface area contributed by atoms with Gasteiger partial charge in [0.15, 0.2) is 0 Å². The Bertz CT molecular complexity index is 444. The lowest BCUT2D eigenvalue weighted by molar-refractivity contribution is -0.127. The predicted octanol–water partition coefficient (Wildman–Crippen LogP) is 2.39. The average molecular weight is 276 g/mol. The molecule has 1 amide bonds. The number of hydrogen-bond acceptors (Lipinski definition) is 3. The summed E-state index contributed by atoms with van der Waals surface area (Å²) < 4.78 is 5.14. The van der Waals surface area contributed by atoms with Gasteiger partial charge in [-0.15, -0.1) is 0 Å². The van der Waals surface area contributed by atoms with Crippen molar-refractivity contribution < 1.29 is 9.53 Å². The first-order chi connectivity index (χ1) is 9.61. The highest BCUT2D eigenvalue weighted by molar-refractivity contribution is 5.79. The summed E-state index contributed by atoms with van der Waals surface area (Å²) in [6.07, 6.45) is 4.10. The third-order valence-corrected chi connectivity index (χ3v) is 4.13. The smallest absolute Gasteiger partial charge is 0.225 e. The van der Waals surface area contributed by atoms with Gasteiger partial charge in [-0.1, -0.05) is 25.0 Å². The molecule has 3 N–H and O–H groups in total. The van der Waals surface area contributed by atoms with E-state index < -0.39 is 0 Å². The molecule has 3 atom stereocenters. The van der Waals surface area contributed by atoms with Crippen molar-refractivity contribution in [3.63, 3.8) is 0 Å². The van der Waals surface area contributed by atoms with E-state index in [1.165, 1.54) is 0 Å². The van der Waals surface area contributed by atoms with Crippen LogP contribution >= 0.6 is 0 Å². The highest BCUT2D eigenvalue weighted by Crippen LogP contribution is 2.24. The van der Waals surface area contributed by atoms with Gasteiger partial charge in [0, 0.05) is 6.04 Å². The van der Waals surface area contributed by atoms with Gasteiger partial charge in [-0.25, -0.2) is 0 Å². The number of methoxy groups -OCH3 is 1. The number of ether oxygens (including phenoxy) is 1. The molecule has 1 aromatic carbocycles. The van der Waals surface area contributed by atoms with E-state index in [-0.39, 0.29) is 23.9 Å². The molecule has 1 aliphatic carbocycles. The minimum Gasteiger partial charge on any atom is -0.497 e. The molecule has 0 aromatic heterocycles. The van der Waals surface area contributed by atoms with Gasteiger partial charge in [-0.2, -0.15) is 0 Å². The van der Waals surface area contributed by atoms with Gasteiger partial charge >= 0.3 is 0 Å². The highest BCUT2D eigenvalue weighted by atomic mass is 16.5. The van der Waals surface area contributed by atoms with E-state index in [4.69, 9.17) is 10.5 Å². The van der Waals surface area contributed by atoms with Crippen molar-refractivity contribution in [1.82, 2.24) is 5.32 Å². The second-order valence-electron chi connectivity index (χ2n) is 5.56. The third-order valence-electron chi connectivity index (χ3n) is 4.13. The summed E-state index contributed by atoms with van der Waals surface area (Å²) in [5.74, 6) is 0.867. The van der Waals surface area contributed by atoms with Gasteiger partial charge < -0.3 is 15.8 Å². The molecule has 1 aromatic rings. The zero-order valence-corrected chi connectivity index (χ0v) is 12.3. The second kappa shape index (κ2) is 6.75. The number of rotatable bonds is 4. The minimum atomic E-state index is -0.0375. The average Bonchev–Trinajstić information content (AvgIpc) is 2.47. The summed E-state index contributed by atoms with van der Waals surface area (Å²) in [5.41, 5.74) is 7.13. The molecule has 0 spiro atoms. The van der Waals surface area contributed by atoms with Crippen LogP contribution in [0, 0.1) is 5.92 Å². The fourth-order valence-corrected chi connectivity index (χ4v) is 2.78. The van der Waals surface area contributed by atoms with Crippen molar-refractivity contribution >= 4 is 5.91 Å². The Labute approximate surface area is 120 Å². The molecule has 2 unspecified atom stereocenters. The molecule has 1 aliphatic rings. The molecule has 2 rings (SSSR count). The van der Waals surface area contributed by atoms with Gasteiger partial charge in [-0.05, 0) is 37.5 Å². The number of benzene rings is 1. The lowest BCUT2D eigenvalue weighted by Gasteiger charge is -2.28. The predicted molar refractivity (Wildman–Crippen MR) is 79.5 cm³/mol. The SMILES string of the molecule is COc1ccc([C@H](C)NC(=O)C2CCCCC2N)cc1. The van der Waals surface area contributed by atoms with Crippen LogP contribution in [0.2, 0.25) is 0 Å². The van der Waals surface area contributed by atoms with Gasteiger partial charge in [0.2, 0.25) is 5.91 Å². The van der Waals surface area contributed by atoms with Crippen LogP contribution in [0.15, 0.2) is 24.3 Å². The molecule has 1 fully saturated rings. The molecule has 20 heavy (non-hydrogen) atoms. The van der Waals surface area contributed by atoms with Gasteiger partial charge in [-0.3, -0.25) is 4.79 Å². The van der Waals surface area contributed by atoms with Crippen molar-refractivity contribution in [2.45, 2.75) is 44.7 Å². The van der Waals surface area contributed by atoms with Gasteiger partial charge in [0.1, 0.15) is 5.75 Å². The summed E-state index contributed by atoms with van der Waals surface area (Å²) in [6, 6.07) is 7.76. The highest BCUT2D eigenvalue weighted by Gasteiger charge is 2.28. The summed E-state index contributed by atoms with van der Waals surface area (Å²) >= 11 is 0. The van der Waals surface area contributed by atoms with Crippen LogP contribution in [0.3, 0.4) is 0 Å². The van der Waals surface area contributed by atoms with E-state index in [0.29, 0.717) is 0 Å². The molecular formula is C16H24N2O2. The molecule has 0 heterocycles. The fourth-order valence-electron chi connectivity index (χ4n) is 2.78. The van der Waals surface area contributed by atoms with Crippen LogP contribution in [0.4, 0.5) is 0 Å². The second-order valence-corrected chi connectivity index (χ2v) is 5.56. The Hall–Kier alpha value is -1.55. The van der Waals surface area contributed by atoms with E-state index >= 15 is 0 Å². The van der Waals surface area contributed by atoms with Crippen molar-refractivity contribution in [3.05, 3.63) is 29.8 Å². The Morgan fingerprint density at radius 2 is 1.95 bits per heavy atom. The molecule has 110 valence electrons. The van der Waals surface area contributed by atoms with Crippen LogP contribution in [-0.4, -0.2) is 19.1 Å². The van der Waals surface area contributed by atoms with Crippen LogP contribution in [0.1, 0.15) is 44.2 Å². The van der Waals surface area contributed by atoms with Crippen molar-refractivity contribution in [3.8, 4) is 5.75 Å². The summed E-state index contributed by atoms with van der Waals surface area (Å²) in [7, 11) is 1.64. The fraction of sp³-hybridized carbons (Fsp3) is 0.562. The normalized spacial score (nSPS) is 23.9. The summed E-state index contributed by atoms with van der Waals surface area (Å²) in [4.78, 5) is 12.3. The third kappa shape index (κ3) is 3.51. The number of nitrogens with two attached hydrogens (primary N) is 1. The maximum Gasteiger partial charge on any atom is 0.225 e. The molecule has 0 aliphatic heterocycles. The maximum absolute atomic E-state index is 12.3. The Balaban J connectivity index is 1.95. The number of nitrogens with one attached hydrogen (secondary N) is 1. The maximum atomic E-state index is 12.3. The zero-order valence-electron chi connectivity index (χ0n) is 12.3. The van der Waals surface area contributed by atoms with E-state index in [1.807, 2.05) is 31.2 Å². The number of hydrogen-bond donors (Lipinski definition) is 2. The molecule has 4 nitrogen and oxygen atoms in total. The van der Waals surface area contributed by atoms with Crippen LogP contribution in [0.5, 0.6) is 5.75 Å². The van der Waals surface area contributed by atoms with Crippen molar-refractivity contribution in [2.24, 2.45) is 11.7 Å². The van der Waals surface area contributed by atoms with E-state index in [2.05, 4.69) is 5.32 Å². The largest absolute Gasteiger partial charge is 0.497 e. The first-order valence-electron chi connectivity index (χ1n) is 7.31. The molecular weight excluding hydrogens is 252 g/mol. The Morgan fingerprint density at radius 1 is 1.30 bits per heavy atom. The molecule has 0 bridgehead atoms. The number of amides is 1. The first-order valence-corrected chi connectivity index (χ1v) is 7.31.